The van der Waals surface area contributed by atoms with Crippen molar-refractivity contribution in [2.45, 2.75) is 44.1 Å². The van der Waals surface area contributed by atoms with E-state index in [4.69, 9.17) is 0 Å². The second-order valence-electron chi connectivity index (χ2n) is 7.45. The average Bonchev–Trinajstić information content (AvgIpc) is 2.68. The van der Waals surface area contributed by atoms with E-state index in [1.807, 2.05) is 17.0 Å². The van der Waals surface area contributed by atoms with Gasteiger partial charge in [-0.15, -0.1) is 0 Å². The van der Waals surface area contributed by atoms with Crippen LogP contribution in [0.3, 0.4) is 0 Å². The fourth-order valence-corrected chi connectivity index (χ4v) is 4.34. The molecule has 1 heterocycles. The fourth-order valence-electron chi connectivity index (χ4n) is 4.34. The highest BCUT2D eigenvalue weighted by Crippen LogP contribution is 2.32. The molecule has 1 saturated heterocycles. The van der Waals surface area contributed by atoms with Crippen molar-refractivity contribution in [2.24, 2.45) is 0 Å². The summed E-state index contributed by atoms with van der Waals surface area (Å²) in [7, 11) is 0. The number of hydrogen-bond donors (Lipinski definition) is 2. The molecule has 2 aromatic carbocycles. The molecule has 2 N–H and O–H groups in total. The van der Waals surface area contributed by atoms with E-state index >= 15 is 0 Å². The molecule has 0 spiro atoms. The Morgan fingerprint density at radius 3 is 2.65 bits per heavy atom. The average molecular weight is 350 g/mol. The van der Waals surface area contributed by atoms with Crippen molar-refractivity contribution in [2.75, 3.05) is 13.1 Å². The van der Waals surface area contributed by atoms with Crippen molar-refractivity contribution in [3.8, 4) is 5.75 Å². The zero-order valence-corrected chi connectivity index (χ0v) is 15.0. The number of rotatable bonds is 2. The van der Waals surface area contributed by atoms with Gasteiger partial charge in [0.2, 0.25) is 0 Å². The number of piperidine rings is 1. The summed E-state index contributed by atoms with van der Waals surface area (Å²) < 4.78 is 0. The number of aromatic hydroxyl groups is 1. The van der Waals surface area contributed by atoms with Crippen molar-refractivity contribution in [3.63, 3.8) is 0 Å². The number of benzene rings is 2. The third-order valence-electron chi connectivity index (χ3n) is 5.79. The summed E-state index contributed by atoms with van der Waals surface area (Å²) in [5.74, 6) is 0.736. The molecule has 1 aliphatic heterocycles. The van der Waals surface area contributed by atoms with Crippen LogP contribution in [-0.2, 0) is 6.42 Å². The monoisotopic (exact) mass is 350 g/mol. The number of nitrogens with one attached hydrogen (secondary N) is 1. The molecule has 1 atom stereocenters. The van der Waals surface area contributed by atoms with Crippen LogP contribution in [0.25, 0.3) is 0 Å². The highest BCUT2D eigenvalue weighted by molar-refractivity contribution is 5.75. The van der Waals surface area contributed by atoms with Crippen molar-refractivity contribution in [1.82, 2.24) is 10.2 Å². The number of hydrogen-bond acceptors (Lipinski definition) is 2. The Labute approximate surface area is 154 Å². The van der Waals surface area contributed by atoms with Gasteiger partial charge in [0.1, 0.15) is 5.75 Å². The molecule has 2 aromatic rings. The summed E-state index contributed by atoms with van der Waals surface area (Å²) in [5, 5.41) is 12.9. The van der Waals surface area contributed by atoms with Gasteiger partial charge >= 0.3 is 6.03 Å². The van der Waals surface area contributed by atoms with E-state index < -0.39 is 0 Å². The molecule has 136 valence electrons. The molecular weight excluding hydrogens is 324 g/mol. The number of nitrogens with zero attached hydrogens (tertiary/aromatic N) is 1. The van der Waals surface area contributed by atoms with E-state index in [1.54, 1.807) is 6.07 Å². The Morgan fingerprint density at radius 1 is 1.04 bits per heavy atom. The maximum atomic E-state index is 12.7. The maximum Gasteiger partial charge on any atom is 0.317 e. The van der Waals surface area contributed by atoms with E-state index in [1.165, 1.54) is 16.7 Å². The maximum absolute atomic E-state index is 12.7. The largest absolute Gasteiger partial charge is 0.508 e. The Balaban J connectivity index is 1.36. The smallest absolute Gasteiger partial charge is 0.317 e. The van der Waals surface area contributed by atoms with Gasteiger partial charge in [-0.1, -0.05) is 36.4 Å². The zero-order chi connectivity index (χ0) is 17.9. The lowest BCUT2D eigenvalue weighted by molar-refractivity contribution is 0.176. The molecule has 1 unspecified atom stereocenters. The number of phenols is 1. The SMILES string of the molecule is O=C(NC1CCCc2ccccc21)N1CCC(c2cccc(O)c2)CC1. The number of phenolic OH excluding ortho intramolecular Hbond substituents is 1. The van der Waals surface area contributed by atoms with Crippen molar-refractivity contribution in [3.05, 3.63) is 65.2 Å². The summed E-state index contributed by atoms with van der Waals surface area (Å²) in [6.45, 7) is 1.53. The molecule has 4 rings (SSSR count). The standard InChI is InChI=1S/C22H26N2O2/c25-19-8-3-7-18(15-19)16-11-13-24(14-12-16)22(26)23-21-10-4-6-17-5-1-2-9-20(17)21/h1-3,5,7-9,15-16,21,25H,4,6,10-14H2,(H,23,26). The zero-order valence-electron chi connectivity index (χ0n) is 15.0. The van der Waals surface area contributed by atoms with Gasteiger partial charge in [-0.3, -0.25) is 0 Å². The van der Waals surface area contributed by atoms with Gasteiger partial charge in [0.05, 0.1) is 6.04 Å². The van der Waals surface area contributed by atoms with Gasteiger partial charge in [0, 0.05) is 13.1 Å². The number of urea groups is 1. The van der Waals surface area contributed by atoms with Crippen LogP contribution >= 0.6 is 0 Å². The Hall–Kier alpha value is -2.49. The first-order valence-corrected chi connectivity index (χ1v) is 9.63. The van der Waals surface area contributed by atoms with Crippen LogP contribution in [0, 0.1) is 0 Å². The summed E-state index contributed by atoms with van der Waals surface area (Å²) in [4.78, 5) is 14.7. The quantitative estimate of drug-likeness (QED) is 0.845. The van der Waals surface area contributed by atoms with E-state index in [0.29, 0.717) is 11.7 Å². The summed E-state index contributed by atoms with van der Waals surface area (Å²) >= 11 is 0. The van der Waals surface area contributed by atoms with Crippen LogP contribution in [-0.4, -0.2) is 29.1 Å². The van der Waals surface area contributed by atoms with Crippen LogP contribution < -0.4 is 5.32 Å². The lowest BCUT2D eigenvalue weighted by Crippen LogP contribution is -2.45. The Kier molecular flexibility index (Phi) is 4.83. The number of carbonyl (C=O) groups excluding carboxylic acids is 1. The number of carbonyl (C=O) groups is 1. The van der Waals surface area contributed by atoms with E-state index in [0.717, 1.165) is 45.2 Å². The van der Waals surface area contributed by atoms with E-state index in [9.17, 15) is 9.90 Å². The Morgan fingerprint density at radius 2 is 1.85 bits per heavy atom. The van der Waals surface area contributed by atoms with Gasteiger partial charge in [-0.05, 0) is 66.8 Å². The highest BCUT2D eigenvalue weighted by Gasteiger charge is 2.27. The lowest BCUT2D eigenvalue weighted by Gasteiger charge is -2.34. The third kappa shape index (κ3) is 3.55. The second-order valence-corrected chi connectivity index (χ2v) is 7.45. The van der Waals surface area contributed by atoms with Crippen molar-refractivity contribution < 1.29 is 9.90 Å². The minimum atomic E-state index is 0.0565. The van der Waals surface area contributed by atoms with Crippen molar-refractivity contribution >= 4 is 6.03 Å². The van der Waals surface area contributed by atoms with Crippen LogP contribution in [0.4, 0.5) is 4.79 Å². The molecule has 1 fully saturated rings. The van der Waals surface area contributed by atoms with E-state index in [-0.39, 0.29) is 12.1 Å². The minimum absolute atomic E-state index is 0.0565. The molecule has 4 nitrogen and oxygen atoms in total. The Bertz CT molecular complexity index is 781. The van der Waals surface area contributed by atoms with Gasteiger partial charge in [0.15, 0.2) is 0 Å². The lowest BCUT2D eigenvalue weighted by atomic mass is 9.87. The normalized spacial score (nSPS) is 20.5. The molecular formula is C22H26N2O2. The first-order valence-electron chi connectivity index (χ1n) is 9.63. The molecule has 0 bridgehead atoms. The van der Waals surface area contributed by atoms with Gasteiger partial charge in [0.25, 0.3) is 0 Å². The second kappa shape index (κ2) is 7.40. The van der Waals surface area contributed by atoms with Crippen molar-refractivity contribution in [1.29, 1.82) is 0 Å². The third-order valence-corrected chi connectivity index (χ3v) is 5.79. The molecule has 0 aromatic heterocycles. The summed E-state index contributed by atoms with van der Waals surface area (Å²) in [6, 6.07) is 16.2. The van der Waals surface area contributed by atoms with Gasteiger partial charge < -0.3 is 15.3 Å². The first-order chi connectivity index (χ1) is 12.7. The number of aryl methyl sites for hydroxylation is 1. The molecule has 1 aliphatic carbocycles. The van der Waals surface area contributed by atoms with Crippen LogP contribution in [0.2, 0.25) is 0 Å². The summed E-state index contributed by atoms with van der Waals surface area (Å²) in [6.07, 6.45) is 5.14. The molecule has 2 aliphatic rings. The fraction of sp³-hybridized carbons (Fsp3) is 0.409. The minimum Gasteiger partial charge on any atom is -0.508 e. The number of likely N-dealkylation sites (tertiary alicyclic amines) is 1. The molecule has 4 heteroatoms. The molecule has 26 heavy (non-hydrogen) atoms. The number of fused-ring (bicyclic) bond motifs is 1. The van der Waals surface area contributed by atoms with Gasteiger partial charge in [-0.2, -0.15) is 0 Å². The van der Waals surface area contributed by atoms with Crippen LogP contribution in [0.1, 0.15) is 54.3 Å². The predicted molar refractivity (Wildman–Crippen MR) is 102 cm³/mol. The predicted octanol–water partition coefficient (Wildman–Crippen LogP) is 4.36. The summed E-state index contributed by atoms with van der Waals surface area (Å²) in [5.41, 5.74) is 3.82. The van der Waals surface area contributed by atoms with Crippen LogP contribution in [0.15, 0.2) is 48.5 Å². The first kappa shape index (κ1) is 17.0. The molecule has 0 saturated carbocycles. The van der Waals surface area contributed by atoms with Crippen LogP contribution in [0.5, 0.6) is 5.75 Å². The van der Waals surface area contributed by atoms with E-state index in [2.05, 4.69) is 35.6 Å². The molecule has 2 amide bonds. The molecule has 0 radical (unpaired) electrons. The topological polar surface area (TPSA) is 52.6 Å². The van der Waals surface area contributed by atoms with Gasteiger partial charge in [-0.25, -0.2) is 4.79 Å². The number of amides is 2. The highest BCUT2D eigenvalue weighted by atomic mass is 16.3.